The molecule has 27 heavy (non-hydrogen) atoms. The van der Waals surface area contributed by atoms with E-state index in [9.17, 15) is 4.79 Å². The Balaban J connectivity index is 1.49. The van der Waals surface area contributed by atoms with Crippen LogP contribution in [0.1, 0.15) is 25.8 Å². The molecule has 0 fully saturated rings. The van der Waals surface area contributed by atoms with Gasteiger partial charge in [-0.3, -0.25) is 9.78 Å². The topological polar surface area (TPSA) is 60.5 Å². The van der Waals surface area contributed by atoms with Crippen LogP contribution in [-0.2, 0) is 4.79 Å². The fraction of sp³-hybridized carbons (Fsp3) is 0.273. The van der Waals surface area contributed by atoms with Crippen molar-refractivity contribution in [2.45, 2.75) is 26.4 Å². The largest absolute Gasteiger partial charge is 0.485 e. The molecule has 5 heteroatoms. The summed E-state index contributed by atoms with van der Waals surface area (Å²) >= 11 is 0. The van der Waals surface area contributed by atoms with Crippen molar-refractivity contribution in [2.75, 3.05) is 6.61 Å². The Bertz CT molecular complexity index is 918. The Morgan fingerprint density at radius 1 is 1.15 bits per heavy atom. The number of rotatable bonds is 3. The summed E-state index contributed by atoms with van der Waals surface area (Å²) in [6, 6.07) is 11.4. The van der Waals surface area contributed by atoms with E-state index in [0.29, 0.717) is 17.4 Å². The molecule has 138 valence electrons. The third-order valence-electron chi connectivity index (χ3n) is 4.91. The normalized spacial score (nSPS) is 21.5. The molecule has 1 aliphatic carbocycles. The van der Waals surface area contributed by atoms with E-state index in [0.717, 1.165) is 17.7 Å². The number of hydrogen-bond donors (Lipinski definition) is 1. The molecule has 1 aromatic heterocycles. The van der Waals surface area contributed by atoms with Gasteiger partial charge in [0.25, 0.3) is 5.91 Å². The zero-order valence-corrected chi connectivity index (χ0v) is 15.4. The second-order valence-electron chi connectivity index (χ2n) is 6.96. The number of pyridine rings is 1. The number of carbonyl (C=O) groups is 1. The lowest BCUT2D eigenvalue weighted by atomic mass is 9.83. The van der Waals surface area contributed by atoms with Crippen LogP contribution in [0.3, 0.4) is 0 Å². The predicted octanol–water partition coefficient (Wildman–Crippen LogP) is 3.74. The van der Waals surface area contributed by atoms with E-state index < -0.39 is 6.10 Å². The van der Waals surface area contributed by atoms with Gasteiger partial charge in [0.15, 0.2) is 11.5 Å². The van der Waals surface area contributed by atoms with E-state index in [2.05, 4.69) is 24.1 Å². The molecule has 0 saturated carbocycles. The Kier molecular flexibility index (Phi) is 4.67. The lowest BCUT2D eigenvalue weighted by Crippen LogP contribution is -2.44. The minimum absolute atomic E-state index is 0.178. The first-order valence-electron chi connectivity index (χ1n) is 9.13. The average Bonchev–Trinajstić information content (AvgIpc) is 2.68. The van der Waals surface area contributed by atoms with E-state index in [-0.39, 0.29) is 12.5 Å². The fourth-order valence-electron chi connectivity index (χ4n) is 3.74. The van der Waals surface area contributed by atoms with E-state index in [4.69, 9.17) is 9.47 Å². The summed E-state index contributed by atoms with van der Waals surface area (Å²) in [6.45, 7) is 4.46. The summed E-state index contributed by atoms with van der Waals surface area (Å²) in [7, 11) is 0. The molecule has 0 bridgehead atoms. The van der Waals surface area contributed by atoms with Gasteiger partial charge in [-0.1, -0.05) is 19.1 Å². The van der Waals surface area contributed by atoms with Crippen molar-refractivity contribution in [3.63, 3.8) is 0 Å². The highest BCUT2D eigenvalue weighted by Gasteiger charge is 2.29. The van der Waals surface area contributed by atoms with Crippen LogP contribution in [0.5, 0.6) is 11.5 Å². The number of nitrogens with zero attached hydrogens (tertiary/aromatic N) is 1. The second-order valence-corrected chi connectivity index (χ2v) is 6.96. The number of ether oxygens (including phenoxy) is 2. The highest BCUT2D eigenvalue weighted by atomic mass is 16.6. The van der Waals surface area contributed by atoms with E-state index >= 15 is 0 Å². The summed E-state index contributed by atoms with van der Waals surface area (Å²) < 4.78 is 11.4. The number of nitrogens with one attached hydrogen (secondary N) is 1. The lowest BCUT2D eigenvalue weighted by molar-refractivity contribution is -0.129. The van der Waals surface area contributed by atoms with E-state index in [1.54, 1.807) is 0 Å². The van der Waals surface area contributed by atoms with Crippen molar-refractivity contribution in [1.29, 1.82) is 0 Å². The molecule has 1 N–H and O–H groups in total. The summed E-state index contributed by atoms with van der Waals surface area (Å²) in [6.07, 6.45) is 5.78. The quantitative estimate of drug-likeness (QED) is 0.904. The van der Waals surface area contributed by atoms with Crippen molar-refractivity contribution in [2.24, 2.45) is 5.92 Å². The van der Waals surface area contributed by atoms with Crippen LogP contribution in [0.2, 0.25) is 0 Å². The first-order valence-corrected chi connectivity index (χ1v) is 9.13. The number of fused-ring (bicyclic) bond motifs is 1. The van der Waals surface area contributed by atoms with Crippen LogP contribution >= 0.6 is 0 Å². The zero-order valence-electron chi connectivity index (χ0n) is 15.4. The van der Waals surface area contributed by atoms with Crippen LogP contribution < -0.4 is 14.8 Å². The molecule has 2 heterocycles. The highest BCUT2D eigenvalue weighted by Crippen LogP contribution is 2.35. The Morgan fingerprint density at radius 3 is 2.63 bits per heavy atom. The first kappa shape index (κ1) is 17.3. The van der Waals surface area contributed by atoms with Gasteiger partial charge in [0, 0.05) is 18.1 Å². The molecule has 2 unspecified atom stereocenters. The van der Waals surface area contributed by atoms with Crippen LogP contribution in [-0.4, -0.2) is 23.6 Å². The maximum atomic E-state index is 12.7. The third-order valence-corrected chi connectivity index (χ3v) is 4.91. The minimum Gasteiger partial charge on any atom is -0.485 e. The monoisotopic (exact) mass is 362 g/mol. The lowest BCUT2D eigenvalue weighted by Gasteiger charge is -2.28. The van der Waals surface area contributed by atoms with Crippen molar-refractivity contribution < 1.29 is 14.3 Å². The molecular weight excluding hydrogens is 340 g/mol. The molecule has 1 amide bonds. The number of para-hydroxylation sites is 2. The minimum atomic E-state index is -0.651. The molecule has 0 radical (unpaired) electrons. The molecule has 1 aliphatic heterocycles. The zero-order chi connectivity index (χ0) is 18.8. The van der Waals surface area contributed by atoms with Gasteiger partial charge in [-0.05, 0) is 66.3 Å². The second kappa shape index (κ2) is 7.27. The summed E-state index contributed by atoms with van der Waals surface area (Å²) in [4.78, 5) is 16.8. The van der Waals surface area contributed by atoms with Crippen molar-refractivity contribution in [3.05, 3.63) is 71.7 Å². The van der Waals surface area contributed by atoms with E-state index in [1.807, 2.05) is 54.9 Å². The molecule has 2 aliphatic rings. The molecule has 1 aromatic carbocycles. The van der Waals surface area contributed by atoms with Gasteiger partial charge < -0.3 is 14.8 Å². The fourth-order valence-corrected chi connectivity index (χ4v) is 3.74. The Labute approximate surface area is 158 Å². The SMILES string of the molecule is CC1=C(c2ccncc2)C(C)CC(NC(=O)C2COc3ccccc3O2)=C1. The van der Waals surface area contributed by atoms with Crippen molar-refractivity contribution in [1.82, 2.24) is 10.3 Å². The number of amides is 1. The first-order chi connectivity index (χ1) is 13.1. The van der Waals surface area contributed by atoms with Gasteiger partial charge in [0.05, 0.1) is 0 Å². The number of allylic oxidation sites excluding steroid dienone is 4. The molecule has 5 nitrogen and oxygen atoms in total. The number of hydrogen-bond acceptors (Lipinski definition) is 4. The summed E-state index contributed by atoms with van der Waals surface area (Å²) in [5, 5.41) is 3.02. The standard InChI is InChI=1S/C22H22N2O3/c1-14-11-17(12-15(2)21(14)16-7-9-23-10-8-16)24-22(25)20-13-26-18-5-3-4-6-19(18)27-20/h3-11,15,20H,12-13H2,1-2H3,(H,24,25). The van der Waals surface area contributed by atoms with Gasteiger partial charge in [0.2, 0.25) is 6.10 Å². The predicted molar refractivity (Wildman–Crippen MR) is 103 cm³/mol. The summed E-state index contributed by atoms with van der Waals surface area (Å²) in [5.74, 6) is 1.40. The van der Waals surface area contributed by atoms with Crippen LogP contribution in [0.15, 0.2) is 66.1 Å². The van der Waals surface area contributed by atoms with Crippen LogP contribution in [0.25, 0.3) is 5.57 Å². The van der Waals surface area contributed by atoms with Gasteiger partial charge in [-0.15, -0.1) is 0 Å². The van der Waals surface area contributed by atoms with Crippen LogP contribution in [0.4, 0.5) is 0 Å². The average molecular weight is 362 g/mol. The molecule has 2 aromatic rings. The highest BCUT2D eigenvalue weighted by molar-refractivity contribution is 5.84. The molecular formula is C22H22N2O3. The van der Waals surface area contributed by atoms with Crippen LogP contribution in [0, 0.1) is 5.92 Å². The maximum Gasteiger partial charge on any atom is 0.268 e. The number of aromatic nitrogens is 1. The summed E-state index contributed by atoms with van der Waals surface area (Å²) in [5.41, 5.74) is 4.53. The molecule has 2 atom stereocenters. The van der Waals surface area contributed by atoms with Gasteiger partial charge in [-0.25, -0.2) is 0 Å². The maximum absolute atomic E-state index is 12.7. The number of carbonyl (C=O) groups excluding carboxylic acids is 1. The molecule has 0 saturated heterocycles. The van der Waals surface area contributed by atoms with Crippen molar-refractivity contribution >= 4 is 11.5 Å². The van der Waals surface area contributed by atoms with Gasteiger partial charge in [-0.2, -0.15) is 0 Å². The Morgan fingerprint density at radius 2 is 1.89 bits per heavy atom. The molecule has 0 spiro atoms. The van der Waals surface area contributed by atoms with Crippen molar-refractivity contribution in [3.8, 4) is 11.5 Å². The smallest absolute Gasteiger partial charge is 0.268 e. The van der Waals surface area contributed by atoms with Gasteiger partial charge >= 0.3 is 0 Å². The van der Waals surface area contributed by atoms with Gasteiger partial charge in [0.1, 0.15) is 6.61 Å². The van der Waals surface area contributed by atoms with E-state index in [1.165, 1.54) is 11.1 Å². The third kappa shape index (κ3) is 3.58. The number of benzene rings is 1. The molecule has 4 rings (SSSR count). The Hall–Kier alpha value is -3.08.